The monoisotopic (exact) mass is 494 g/mol. The summed E-state index contributed by atoms with van der Waals surface area (Å²) < 4.78 is 5.33. The number of para-hydroxylation sites is 1. The number of rotatable bonds is 5. The van der Waals surface area contributed by atoms with Gasteiger partial charge in [0, 0.05) is 55.9 Å². The molecule has 0 N–H and O–H groups in total. The topological polar surface area (TPSA) is 73.4 Å². The molecule has 3 amide bonds. The summed E-state index contributed by atoms with van der Waals surface area (Å²) in [6.45, 7) is 3.89. The number of methoxy groups -OCH3 is 1. The SMILES string of the molecule is COc1cccc(N2CCN(C(=O)CN3C(=O)[C@@H](C(=O)N4CCCC4)Sc4ccccc43)CC2)c1. The predicted octanol–water partition coefficient (Wildman–Crippen LogP) is 2.47. The number of benzene rings is 2. The molecule has 3 heterocycles. The van der Waals surface area contributed by atoms with E-state index >= 15 is 0 Å². The van der Waals surface area contributed by atoms with Gasteiger partial charge in [0.1, 0.15) is 12.3 Å². The predicted molar refractivity (Wildman–Crippen MR) is 136 cm³/mol. The van der Waals surface area contributed by atoms with Crippen molar-refractivity contribution in [2.45, 2.75) is 23.0 Å². The Morgan fingerprint density at radius 3 is 2.43 bits per heavy atom. The lowest BCUT2D eigenvalue weighted by Crippen LogP contribution is -2.55. The molecule has 2 fully saturated rings. The Hall–Kier alpha value is -3.20. The molecule has 0 bridgehead atoms. The first-order valence-electron chi connectivity index (χ1n) is 12.1. The summed E-state index contributed by atoms with van der Waals surface area (Å²) in [6, 6.07) is 15.4. The van der Waals surface area contributed by atoms with Gasteiger partial charge in [-0.15, -0.1) is 11.8 Å². The molecule has 8 nitrogen and oxygen atoms in total. The summed E-state index contributed by atoms with van der Waals surface area (Å²) in [4.78, 5) is 48.1. The smallest absolute Gasteiger partial charge is 0.250 e. The van der Waals surface area contributed by atoms with Crippen LogP contribution >= 0.6 is 11.8 Å². The van der Waals surface area contributed by atoms with Crippen molar-refractivity contribution in [1.29, 1.82) is 0 Å². The van der Waals surface area contributed by atoms with Crippen LogP contribution in [0, 0.1) is 0 Å². The number of carbonyl (C=O) groups is 3. The number of likely N-dealkylation sites (tertiary alicyclic amines) is 1. The molecule has 0 radical (unpaired) electrons. The Kier molecular flexibility index (Phi) is 6.86. The fourth-order valence-electron chi connectivity index (χ4n) is 4.90. The molecule has 1 atom stereocenters. The molecule has 184 valence electrons. The van der Waals surface area contributed by atoms with Crippen molar-refractivity contribution >= 4 is 40.9 Å². The Morgan fingerprint density at radius 1 is 0.943 bits per heavy atom. The summed E-state index contributed by atoms with van der Waals surface area (Å²) >= 11 is 1.30. The van der Waals surface area contributed by atoms with Crippen molar-refractivity contribution in [2.75, 3.05) is 62.7 Å². The lowest BCUT2D eigenvalue weighted by atomic mass is 10.2. The van der Waals surface area contributed by atoms with E-state index in [1.165, 1.54) is 16.7 Å². The van der Waals surface area contributed by atoms with E-state index in [2.05, 4.69) is 4.90 Å². The zero-order chi connectivity index (χ0) is 24.4. The Balaban J connectivity index is 1.27. The number of hydrogen-bond donors (Lipinski definition) is 0. The first kappa shape index (κ1) is 23.5. The molecule has 5 rings (SSSR count). The fraction of sp³-hybridized carbons (Fsp3) is 0.423. The molecule has 0 aromatic heterocycles. The van der Waals surface area contributed by atoms with Crippen LogP contribution in [-0.4, -0.2) is 85.7 Å². The lowest BCUT2D eigenvalue weighted by molar-refractivity contribution is -0.135. The van der Waals surface area contributed by atoms with Crippen LogP contribution in [0.2, 0.25) is 0 Å². The van der Waals surface area contributed by atoms with E-state index in [1.54, 1.807) is 12.0 Å². The number of amides is 3. The average Bonchev–Trinajstić information content (AvgIpc) is 3.45. The van der Waals surface area contributed by atoms with Gasteiger partial charge in [-0.05, 0) is 37.1 Å². The van der Waals surface area contributed by atoms with Crippen molar-refractivity contribution in [3.63, 3.8) is 0 Å². The third-order valence-corrected chi connectivity index (χ3v) is 8.12. The molecule has 0 spiro atoms. The third kappa shape index (κ3) is 4.82. The molecule has 2 aromatic rings. The third-order valence-electron chi connectivity index (χ3n) is 6.88. The molecule has 35 heavy (non-hydrogen) atoms. The largest absolute Gasteiger partial charge is 0.497 e. The minimum absolute atomic E-state index is 0.0562. The quantitative estimate of drug-likeness (QED) is 0.595. The van der Waals surface area contributed by atoms with Crippen LogP contribution in [0.25, 0.3) is 0 Å². The van der Waals surface area contributed by atoms with E-state index in [-0.39, 0.29) is 24.3 Å². The van der Waals surface area contributed by atoms with Gasteiger partial charge in [0.15, 0.2) is 5.25 Å². The molecule has 9 heteroatoms. The van der Waals surface area contributed by atoms with Gasteiger partial charge in [-0.1, -0.05) is 18.2 Å². The zero-order valence-electron chi connectivity index (χ0n) is 19.9. The highest BCUT2D eigenvalue weighted by Gasteiger charge is 2.41. The van der Waals surface area contributed by atoms with Gasteiger partial charge in [-0.25, -0.2) is 0 Å². The minimum atomic E-state index is -0.833. The molecule has 0 aliphatic carbocycles. The van der Waals surface area contributed by atoms with Crippen LogP contribution in [-0.2, 0) is 14.4 Å². The number of carbonyl (C=O) groups excluding carboxylic acids is 3. The molecule has 2 saturated heterocycles. The van der Waals surface area contributed by atoms with Gasteiger partial charge in [0.05, 0.1) is 12.8 Å². The van der Waals surface area contributed by atoms with E-state index in [4.69, 9.17) is 4.74 Å². The maximum Gasteiger partial charge on any atom is 0.250 e. The van der Waals surface area contributed by atoms with Crippen LogP contribution in [0.4, 0.5) is 11.4 Å². The number of hydrogen-bond acceptors (Lipinski definition) is 6. The second-order valence-corrected chi connectivity index (χ2v) is 10.1. The van der Waals surface area contributed by atoms with E-state index in [0.29, 0.717) is 45.0 Å². The fourth-order valence-corrected chi connectivity index (χ4v) is 6.08. The molecule has 0 saturated carbocycles. The number of fused-ring (bicyclic) bond motifs is 1. The highest BCUT2D eigenvalue weighted by atomic mass is 32.2. The average molecular weight is 495 g/mol. The van der Waals surface area contributed by atoms with Crippen molar-refractivity contribution in [3.8, 4) is 5.75 Å². The van der Waals surface area contributed by atoms with E-state index < -0.39 is 5.25 Å². The Morgan fingerprint density at radius 2 is 1.69 bits per heavy atom. The van der Waals surface area contributed by atoms with Crippen LogP contribution in [0.5, 0.6) is 5.75 Å². The number of anilines is 2. The number of nitrogens with zero attached hydrogens (tertiary/aromatic N) is 4. The van der Waals surface area contributed by atoms with Crippen molar-refractivity contribution in [3.05, 3.63) is 48.5 Å². The summed E-state index contributed by atoms with van der Waals surface area (Å²) in [7, 11) is 1.65. The number of ether oxygens (including phenoxy) is 1. The normalized spacial score (nSPS) is 20.1. The maximum atomic E-state index is 13.5. The minimum Gasteiger partial charge on any atom is -0.497 e. The van der Waals surface area contributed by atoms with Crippen molar-refractivity contribution in [1.82, 2.24) is 9.80 Å². The summed E-state index contributed by atoms with van der Waals surface area (Å²) in [5.74, 6) is 0.266. The van der Waals surface area contributed by atoms with Crippen LogP contribution in [0.1, 0.15) is 12.8 Å². The van der Waals surface area contributed by atoms with Gasteiger partial charge in [-0.3, -0.25) is 14.4 Å². The Bertz CT molecular complexity index is 1110. The highest BCUT2D eigenvalue weighted by molar-refractivity contribution is 8.01. The molecule has 3 aliphatic rings. The molecule has 3 aliphatic heterocycles. The summed E-state index contributed by atoms with van der Waals surface area (Å²) in [6.07, 6.45) is 1.94. The highest BCUT2D eigenvalue weighted by Crippen LogP contribution is 2.40. The van der Waals surface area contributed by atoms with Gasteiger partial charge >= 0.3 is 0 Å². The standard InChI is InChI=1S/C26H30N4O4S/c1-34-20-8-6-7-19(17-20)27-13-15-28(16-14-27)23(31)18-30-21-9-2-3-10-22(21)35-24(26(30)33)25(32)29-11-4-5-12-29/h2-3,6-10,17,24H,4-5,11-16,18H2,1H3/t24-/m1/s1. The van der Waals surface area contributed by atoms with Gasteiger partial charge in [-0.2, -0.15) is 0 Å². The summed E-state index contributed by atoms with van der Waals surface area (Å²) in [5, 5.41) is -0.833. The summed E-state index contributed by atoms with van der Waals surface area (Å²) in [5.41, 5.74) is 1.77. The second kappa shape index (κ2) is 10.2. The molecular weight excluding hydrogens is 464 g/mol. The van der Waals surface area contributed by atoms with E-state index in [0.717, 1.165) is 29.2 Å². The maximum absolute atomic E-state index is 13.5. The van der Waals surface area contributed by atoms with Gasteiger partial charge in [0.2, 0.25) is 11.8 Å². The van der Waals surface area contributed by atoms with E-state index in [9.17, 15) is 14.4 Å². The van der Waals surface area contributed by atoms with Crippen LogP contribution in [0.15, 0.2) is 53.4 Å². The first-order valence-corrected chi connectivity index (χ1v) is 13.0. The van der Waals surface area contributed by atoms with Crippen molar-refractivity contribution < 1.29 is 19.1 Å². The second-order valence-electron chi connectivity index (χ2n) is 8.99. The molecule has 0 unspecified atom stereocenters. The molecule has 2 aromatic carbocycles. The van der Waals surface area contributed by atoms with Crippen LogP contribution in [0.3, 0.4) is 0 Å². The lowest BCUT2D eigenvalue weighted by Gasteiger charge is -2.38. The Labute approximate surface area is 209 Å². The van der Waals surface area contributed by atoms with Gasteiger partial charge in [0.25, 0.3) is 5.91 Å². The number of thioether (sulfide) groups is 1. The molecular formula is C26H30N4O4S. The van der Waals surface area contributed by atoms with E-state index in [1.807, 2.05) is 53.4 Å². The zero-order valence-corrected chi connectivity index (χ0v) is 20.7. The van der Waals surface area contributed by atoms with Crippen molar-refractivity contribution in [2.24, 2.45) is 0 Å². The number of piperazine rings is 1. The van der Waals surface area contributed by atoms with Gasteiger partial charge < -0.3 is 24.3 Å². The van der Waals surface area contributed by atoms with Crippen LogP contribution < -0.4 is 14.5 Å². The first-order chi connectivity index (χ1) is 17.0.